The van der Waals surface area contributed by atoms with Crippen molar-refractivity contribution in [1.82, 2.24) is 4.98 Å². The van der Waals surface area contributed by atoms with Crippen LogP contribution in [0, 0.1) is 11.3 Å². The molecule has 0 aliphatic rings. The Balaban J connectivity index is 1.44. The maximum Gasteiger partial charge on any atom is 0.255 e. The largest absolute Gasteiger partial charge is 0.497 e. The summed E-state index contributed by atoms with van der Waals surface area (Å²) in [6.45, 7) is 1.37. The number of nitriles is 1. The lowest BCUT2D eigenvalue weighted by molar-refractivity contribution is 0.102. The quantitative estimate of drug-likeness (QED) is 0.509. The molecule has 0 aliphatic heterocycles. The first-order valence-corrected chi connectivity index (χ1v) is 9.07. The van der Waals surface area contributed by atoms with E-state index < -0.39 is 0 Å². The lowest BCUT2D eigenvalue weighted by Gasteiger charge is -2.10. The summed E-state index contributed by atoms with van der Waals surface area (Å²) in [7, 11) is 1.59. The van der Waals surface area contributed by atoms with Crippen molar-refractivity contribution in [1.29, 1.82) is 5.26 Å². The van der Waals surface area contributed by atoms with E-state index in [1.54, 1.807) is 43.5 Å². The first-order chi connectivity index (χ1) is 14.2. The number of pyridine rings is 1. The van der Waals surface area contributed by atoms with E-state index in [0.29, 0.717) is 30.0 Å². The maximum absolute atomic E-state index is 12.3. The Morgan fingerprint density at radius 3 is 2.28 bits per heavy atom. The van der Waals surface area contributed by atoms with Gasteiger partial charge in [-0.3, -0.25) is 4.79 Å². The molecule has 0 aliphatic carbocycles. The molecule has 0 bridgehead atoms. The molecule has 0 fully saturated rings. The number of hydrogen-bond donors (Lipinski definition) is 3. The second-order valence-corrected chi connectivity index (χ2v) is 6.16. The standard InChI is InChI=1S/C22H21N5O2/c1-29-20-9-3-17(4-10-20)22(28)27-19-7-5-18(6-8-19)24-12-13-25-21-11-2-16(14-23)15-26-21/h2-11,15,24H,12-13H2,1H3,(H,25,26)(H,27,28). The number of benzene rings is 2. The van der Waals surface area contributed by atoms with Gasteiger partial charge in [0.2, 0.25) is 0 Å². The fourth-order valence-corrected chi connectivity index (χ4v) is 2.58. The van der Waals surface area contributed by atoms with E-state index in [9.17, 15) is 4.79 Å². The van der Waals surface area contributed by atoms with Gasteiger partial charge < -0.3 is 20.7 Å². The van der Waals surface area contributed by atoms with Crippen LogP contribution >= 0.6 is 0 Å². The zero-order chi connectivity index (χ0) is 20.5. The Morgan fingerprint density at radius 1 is 0.966 bits per heavy atom. The molecule has 0 saturated heterocycles. The number of hydrogen-bond acceptors (Lipinski definition) is 6. The first-order valence-electron chi connectivity index (χ1n) is 9.07. The number of carbonyl (C=O) groups excluding carboxylic acids is 1. The summed E-state index contributed by atoms with van der Waals surface area (Å²) in [4.78, 5) is 16.4. The highest BCUT2D eigenvalue weighted by Crippen LogP contribution is 2.16. The molecule has 1 heterocycles. The maximum atomic E-state index is 12.3. The van der Waals surface area contributed by atoms with Crippen molar-refractivity contribution in [3.05, 3.63) is 78.0 Å². The summed E-state index contributed by atoms with van der Waals surface area (Å²) in [6.07, 6.45) is 1.54. The van der Waals surface area contributed by atoms with Crippen molar-refractivity contribution in [3.63, 3.8) is 0 Å². The molecule has 1 amide bonds. The third kappa shape index (κ3) is 5.71. The van der Waals surface area contributed by atoms with E-state index in [-0.39, 0.29) is 5.91 Å². The average Bonchev–Trinajstić information content (AvgIpc) is 2.78. The predicted molar refractivity (Wildman–Crippen MR) is 113 cm³/mol. The van der Waals surface area contributed by atoms with Crippen LogP contribution in [0.2, 0.25) is 0 Å². The van der Waals surface area contributed by atoms with Gasteiger partial charge in [-0.2, -0.15) is 5.26 Å². The van der Waals surface area contributed by atoms with Gasteiger partial charge in [-0.15, -0.1) is 0 Å². The van der Waals surface area contributed by atoms with Crippen LogP contribution in [-0.2, 0) is 0 Å². The van der Waals surface area contributed by atoms with Gasteiger partial charge in [0.15, 0.2) is 0 Å². The monoisotopic (exact) mass is 387 g/mol. The Morgan fingerprint density at radius 2 is 1.66 bits per heavy atom. The second-order valence-electron chi connectivity index (χ2n) is 6.16. The van der Waals surface area contributed by atoms with Gasteiger partial charge in [-0.05, 0) is 60.7 Å². The van der Waals surface area contributed by atoms with E-state index in [1.165, 1.54) is 6.20 Å². The Hall–Kier alpha value is -4.05. The highest BCUT2D eigenvalue weighted by atomic mass is 16.5. The average molecular weight is 387 g/mol. The van der Waals surface area contributed by atoms with Gasteiger partial charge in [-0.25, -0.2) is 4.98 Å². The molecule has 3 N–H and O–H groups in total. The van der Waals surface area contributed by atoms with Crippen molar-refractivity contribution in [2.75, 3.05) is 36.1 Å². The number of amides is 1. The fourth-order valence-electron chi connectivity index (χ4n) is 2.58. The third-order valence-corrected chi connectivity index (χ3v) is 4.15. The number of ether oxygens (including phenoxy) is 1. The summed E-state index contributed by atoms with van der Waals surface area (Å²) in [5.74, 6) is 1.26. The minimum absolute atomic E-state index is 0.174. The number of nitrogens with zero attached hydrogens (tertiary/aromatic N) is 2. The third-order valence-electron chi connectivity index (χ3n) is 4.15. The van der Waals surface area contributed by atoms with Crippen LogP contribution in [0.25, 0.3) is 0 Å². The number of methoxy groups -OCH3 is 1. The normalized spacial score (nSPS) is 9.93. The van der Waals surface area contributed by atoms with Gasteiger partial charge in [0.1, 0.15) is 17.6 Å². The molecule has 3 aromatic rings. The summed E-state index contributed by atoms with van der Waals surface area (Å²) >= 11 is 0. The molecule has 2 aromatic carbocycles. The van der Waals surface area contributed by atoms with Crippen LogP contribution in [0.1, 0.15) is 15.9 Å². The van der Waals surface area contributed by atoms with E-state index in [0.717, 1.165) is 17.2 Å². The molecule has 0 radical (unpaired) electrons. The molecule has 7 heteroatoms. The lowest BCUT2D eigenvalue weighted by atomic mass is 10.2. The molecule has 0 unspecified atom stereocenters. The summed E-state index contributed by atoms with van der Waals surface area (Å²) < 4.78 is 5.10. The highest BCUT2D eigenvalue weighted by molar-refractivity contribution is 6.04. The molecular formula is C22H21N5O2. The zero-order valence-corrected chi connectivity index (χ0v) is 16.0. The molecule has 146 valence electrons. The number of nitrogens with one attached hydrogen (secondary N) is 3. The second kappa shape index (κ2) is 9.76. The summed E-state index contributed by atoms with van der Waals surface area (Å²) in [6, 6.07) is 20.0. The van der Waals surface area contributed by atoms with Crippen molar-refractivity contribution < 1.29 is 9.53 Å². The van der Waals surface area contributed by atoms with E-state index in [2.05, 4.69) is 20.9 Å². The molecule has 0 saturated carbocycles. The molecular weight excluding hydrogens is 366 g/mol. The van der Waals surface area contributed by atoms with E-state index in [4.69, 9.17) is 10.00 Å². The van der Waals surface area contributed by atoms with E-state index >= 15 is 0 Å². The van der Waals surface area contributed by atoms with Gasteiger partial charge >= 0.3 is 0 Å². The zero-order valence-electron chi connectivity index (χ0n) is 16.0. The molecule has 0 spiro atoms. The lowest BCUT2D eigenvalue weighted by Crippen LogP contribution is -2.14. The fraction of sp³-hybridized carbons (Fsp3) is 0.136. The van der Waals surface area contributed by atoms with Crippen LogP contribution < -0.4 is 20.7 Å². The van der Waals surface area contributed by atoms with Gasteiger partial charge in [-0.1, -0.05) is 0 Å². The predicted octanol–water partition coefficient (Wildman–Crippen LogP) is 3.74. The summed E-state index contributed by atoms with van der Waals surface area (Å²) in [5.41, 5.74) is 2.77. The van der Waals surface area contributed by atoms with Crippen molar-refractivity contribution in [3.8, 4) is 11.8 Å². The Kier molecular flexibility index (Phi) is 6.63. The number of anilines is 3. The van der Waals surface area contributed by atoms with Crippen LogP contribution in [-0.4, -0.2) is 31.1 Å². The van der Waals surface area contributed by atoms with Crippen molar-refractivity contribution in [2.45, 2.75) is 0 Å². The highest BCUT2D eigenvalue weighted by Gasteiger charge is 2.06. The van der Waals surface area contributed by atoms with Crippen LogP contribution in [0.15, 0.2) is 66.9 Å². The number of aromatic nitrogens is 1. The summed E-state index contributed by atoms with van der Waals surface area (Å²) in [5, 5.41) is 18.1. The molecule has 29 heavy (non-hydrogen) atoms. The molecule has 7 nitrogen and oxygen atoms in total. The Labute approximate surface area is 169 Å². The van der Waals surface area contributed by atoms with Crippen molar-refractivity contribution in [2.24, 2.45) is 0 Å². The molecule has 1 aromatic heterocycles. The minimum Gasteiger partial charge on any atom is -0.497 e. The van der Waals surface area contributed by atoms with Crippen LogP contribution in [0.4, 0.5) is 17.2 Å². The van der Waals surface area contributed by atoms with Crippen LogP contribution in [0.3, 0.4) is 0 Å². The Bertz CT molecular complexity index is 978. The number of carbonyl (C=O) groups is 1. The molecule has 0 atom stereocenters. The minimum atomic E-state index is -0.174. The smallest absolute Gasteiger partial charge is 0.255 e. The van der Waals surface area contributed by atoms with Gasteiger partial charge in [0.05, 0.1) is 12.7 Å². The van der Waals surface area contributed by atoms with E-state index in [1.807, 2.05) is 30.3 Å². The topological polar surface area (TPSA) is 99.1 Å². The SMILES string of the molecule is COc1ccc(C(=O)Nc2ccc(NCCNc3ccc(C#N)cn3)cc2)cc1. The number of rotatable bonds is 8. The first kappa shape index (κ1) is 19.7. The van der Waals surface area contributed by atoms with Crippen molar-refractivity contribution >= 4 is 23.1 Å². The molecule has 3 rings (SSSR count). The van der Waals surface area contributed by atoms with Crippen LogP contribution in [0.5, 0.6) is 5.75 Å². The van der Waals surface area contributed by atoms with Gasteiger partial charge in [0.25, 0.3) is 5.91 Å². The van der Waals surface area contributed by atoms with Gasteiger partial charge in [0, 0.05) is 36.2 Å².